The number of rotatable bonds is 9. The van der Waals surface area contributed by atoms with Crippen LogP contribution >= 0.6 is 11.6 Å². The fraction of sp³-hybridized carbons (Fsp3) is 0.900. The second kappa shape index (κ2) is 18.2. The third-order valence-corrected chi connectivity index (χ3v) is 3.29. The van der Waals surface area contributed by atoms with Gasteiger partial charge >= 0.3 is 11.9 Å². The topological polar surface area (TPSA) is 145 Å². The molecule has 0 fully saturated rings. The maximum Gasteiger partial charge on any atom is 0.326 e. The van der Waals surface area contributed by atoms with Gasteiger partial charge in [0.2, 0.25) is 0 Å². The van der Waals surface area contributed by atoms with Crippen LogP contribution in [-0.4, -0.2) is 45.8 Å². The van der Waals surface area contributed by atoms with Crippen LogP contribution in [0.4, 0.5) is 0 Å². The third kappa shape index (κ3) is 29.9. The number of aliphatic hydroxyl groups is 1. The molecule has 28 heavy (non-hydrogen) atoms. The Morgan fingerprint density at radius 1 is 1.00 bits per heavy atom. The maximum atomic E-state index is 11.2. The number of halogens is 1. The van der Waals surface area contributed by atoms with E-state index in [9.17, 15) is 9.59 Å². The molecular formula is C20H45ClN2O5. The van der Waals surface area contributed by atoms with E-state index in [0.29, 0.717) is 19.1 Å². The number of hydrogen-bond acceptors (Lipinski definition) is 6. The van der Waals surface area contributed by atoms with E-state index in [-0.39, 0.29) is 12.1 Å². The Kier molecular flexibility index (Phi) is 22.4. The minimum atomic E-state index is -1.08. The summed E-state index contributed by atoms with van der Waals surface area (Å²) in [5.41, 5.74) is 4.00. The van der Waals surface area contributed by atoms with E-state index in [1.807, 2.05) is 0 Å². The van der Waals surface area contributed by atoms with Gasteiger partial charge in [0, 0.05) is 6.61 Å². The van der Waals surface area contributed by atoms with Gasteiger partial charge in [-0.15, -0.1) is 11.6 Å². The highest BCUT2D eigenvalue weighted by Crippen LogP contribution is 2.15. The van der Waals surface area contributed by atoms with Crippen LogP contribution in [0.5, 0.6) is 0 Å². The summed E-state index contributed by atoms with van der Waals surface area (Å²) in [5, 5.41) is 16.4. The van der Waals surface area contributed by atoms with Crippen molar-refractivity contribution in [2.75, 3.05) is 13.2 Å². The van der Waals surface area contributed by atoms with Crippen LogP contribution in [0.1, 0.15) is 81.1 Å². The standard InChI is InChI=1S/C10H19ClO2.C6H14O.C4H9NO2.H3N/c1-8(2)6-5-7-13-9(12)10(3,4)11;1-6(2)4-3-5-7;1-4(2,5)3(6)7;/h8H,5-7H2,1-4H3;6-7H,3-5H2,1-2H3;5H2,1-2H3,(H,6,7);1H3. The SMILES string of the molecule is CC(C)(N)C(=O)O.CC(C)CCCO.CC(C)CCCOC(=O)C(C)(C)Cl.N. The van der Waals surface area contributed by atoms with Crippen LogP contribution in [0.3, 0.4) is 0 Å². The second-order valence-electron chi connectivity index (χ2n) is 8.43. The largest absolute Gasteiger partial charge is 0.480 e. The van der Waals surface area contributed by atoms with Crippen LogP contribution in [0.25, 0.3) is 0 Å². The summed E-state index contributed by atoms with van der Waals surface area (Å²) in [5.74, 6) is 0.0836. The van der Waals surface area contributed by atoms with Crippen molar-refractivity contribution in [3.8, 4) is 0 Å². The van der Waals surface area contributed by atoms with Crippen LogP contribution in [0.2, 0.25) is 0 Å². The first-order valence-corrected chi connectivity index (χ1v) is 9.92. The first-order valence-electron chi connectivity index (χ1n) is 9.54. The number of carbonyl (C=O) groups is 2. The first-order chi connectivity index (χ1) is 12.1. The van der Waals surface area contributed by atoms with Crippen molar-refractivity contribution in [3.05, 3.63) is 0 Å². The summed E-state index contributed by atoms with van der Waals surface area (Å²) >= 11 is 5.75. The molecule has 0 saturated carbocycles. The molecule has 0 aliphatic heterocycles. The Balaban J connectivity index is -0.000000165. The fourth-order valence-electron chi connectivity index (χ4n) is 1.33. The molecule has 0 heterocycles. The van der Waals surface area contributed by atoms with Gasteiger partial charge in [0.25, 0.3) is 0 Å². The van der Waals surface area contributed by atoms with Gasteiger partial charge < -0.3 is 26.8 Å². The molecule has 172 valence electrons. The fourth-order valence-corrected chi connectivity index (χ4v) is 1.38. The molecular weight excluding hydrogens is 384 g/mol. The monoisotopic (exact) mass is 428 g/mol. The van der Waals surface area contributed by atoms with Gasteiger partial charge in [0.05, 0.1) is 6.61 Å². The molecule has 0 saturated heterocycles. The van der Waals surface area contributed by atoms with E-state index < -0.39 is 16.4 Å². The molecule has 8 heteroatoms. The Morgan fingerprint density at radius 3 is 1.57 bits per heavy atom. The maximum absolute atomic E-state index is 11.2. The molecule has 7 N–H and O–H groups in total. The molecule has 0 spiro atoms. The number of aliphatic hydroxyl groups excluding tert-OH is 1. The highest BCUT2D eigenvalue weighted by Gasteiger charge is 2.25. The van der Waals surface area contributed by atoms with Gasteiger partial charge in [-0.25, -0.2) is 0 Å². The molecule has 7 nitrogen and oxygen atoms in total. The third-order valence-electron chi connectivity index (χ3n) is 3.14. The molecule has 0 amide bonds. The number of alkyl halides is 1. The Morgan fingerprint density at radius 2 is 1.36 bits per heavy atom. The average Bonchev–Trinajstić information content (AvgIpc) is 2.48. The number of esters is 1. The number of carboxylic acids is 1. The predicted molar refractivity (Wildman–Crippen MR) is 117 cm³/mol. The Hall–Kier alpha value is -0.890. The van der Waals surface area contributed by atoms with E-state index in [1.165, 1.54) is 13.8 Å². The van der Waals surface area contributed by atoms with Crippen molar-refractivity contribution in [1.82, 2.24) is 6.15 Å². The minimum Gasteiger partial charge on any atom is -0.480 e. The lowest BCUT2D eigenvalue weighted by Gasteiger charge is -2.14. The van der Waals surface area contributed by atoms with E-state index in [1.54, 1.807) is 13.8 Å². The summed E-state index contributed by atoms with van der Waals surface area (Å²) in [4.78, 5) is 20.2. The van der Waals surface area contributed by atoms with Gasteiger partial charge in [0.1, 0.15) is 10.4 Å². The molecule has 0 unspecified atom stereocenters. The van der Waals surface area contributed by atoms with Crippen molar-refractivity contribution in [1.29, 1.82) is 0 Å². The van der Waals surface area contributed by atoms with Crippen molar-refractivity contribution in [2.24, 2.45) is 17.6 Å². The molecule has 0 bridgehead atoms. The summed E-state index contributed by atoms with van der Waals surface area (Å²) in [6.45, 7) is 15.6. The van der Waals surface area contributed by atoms with E-state index in [2.05, 4.69) is 27.7 Å². The molecule has 0 aromatic heterocycles. The second-order valence-corrected chi connectivity index (χ2v) is 9.38. The number of ether oxygens (including phenoxy) is 1. The van der Waals surface area contributed by atoms with E-state index >= 15 is 0 Å². The van der Waals surface area contributed by atoms with Crippen LogP contribution in [-0.2, 0) is 14.3 Å². The molecule has 0 atom stereocenters. The number of carbonyl (C=O) groups excluding carboxylic acids is 1. The zero-order valence-electron chi connectivity index (χ0n) is 19.2. The average molecular weight is 429 g/mol. The van der Waals surface area contributed by atoms with Crippen molar-refractivity contribution in [3.63, 3.8) is 0 Å². The smallest absolute Gasteiger partial charge is 0.326 e. The van der Waals surface area contributed by atoms with Gasteiger partial charge in [0.15, 0.2) is 0 Å². The normalized spacial score (nSPS) is 10.9. The summed E-state index contributed by atoms with van der Waals surface area (Å²) in [6, 6.07) is 0. The summed E-state index contributed by atoms with van der Waals surface area (Å²) in [7, 11) is 0. The Bertz CT molecular complexity index is 389. The molecule has 0 aromatic carbocycles. The van der Waals surface area contributed by atoms with Gasteiger partial charge in [-0.2, -0.15) is 0 Å². The van der Waals surface area contributed by atoms with E-state index in [4.69, 9.17) is 32.3 Å². The molecule has 0 aliphatic rings. The molecule has 0 radical (unpaired) electrons. The van der Waals surface area contributed by atoms with Crippen molar-refractivity contribution < 1.29 is 24.5 Å². The lowest BCUT2D eigenvalue weighted by molar-refractivity contribution is -0.146. The molecule has 0 aromatic rings. The van der Waals surface area contributed by atoms with Crippen LogP contribution in [0.15, 0.2) is 0 Å². The van der Waals surface area contributed by atoms with Crippen molar-refractivity contribution >= 4 is 23.5 Å². The number of aliphatic carboxylic acids is 1. The lowest BCUT2D eigenvalue weighted by Crippen LogP contribution is -2.41. The number of hydrogen-bond donors (Lipinski definition) is 4. The van der Waals surface area contributed by atoms with Crippen LogP contribution in [0, 0.1) is 11.8 Å². The quantitative estimate of drug-likeness (QED) is 0.242. The van der Waals surface area contributed by atoms with E-state index in [0.717, 1.165) is 31.6 Å². The Labute approximate surface area is 176 Å². The van der Waals surface area contributed by atoms with Crippen molar-refractivity contribution in [2.45, 2.75) is 91.5 Å². The number of nitrogens with two attached hydrogens (primary N) is 1. The molecule has 0 rings (SSSR count). The van der Waals surface area contributed by atoms with Gasteiger partial charge in [-0.3, -0.25) is 9.59 Å². The lowest BCUT2D eigenvalue weighted by atomic mass is 10.1. The molecule has 0 aliphatic carbocycles. The summed E-state index contributed by atoms with van der Waals surface area (Å²) in [6.07, 6.45) is 4.10. The zero-order chi connectivity index (χ0) is 22.3. The zero-order valence-corrected chi connectivity index (χ0v) is 19.9. The first kappa shape index (κ1) is 34.6. The highest BCUT2D eigenvalue weighted by molar-refractivity contribution is 6.33. The summed E-state index contributed by atoms with van der Waals surface area (Å²) < 4.78 is 4.99. The van der Waals surface area contributed by atoms with Crippen LogP contribution < -0.4 is 11.9 Å². The predicted octanol–water partition coefficient (Wildman–Crippen LogP) is 4.37. The van der Waals surface area contributed by atoms with Gasteiger partial charge in [-0.05, 0) is 65.2 Å². The minimum absolute atomic E-state index is 0. The van der Waals surface area contributed by atoms with Gasteiger partial charge in [-0.1, -0.05) is 27.7 Å². The number of carboxylic acid groups (broad SMARTS) is 1. The highest BCUT2D eigenvalue weighted by atomic mass is 35.5.